The Hall–Kier alpha value is -3.12. The minimum absolute atomic E-state index is 0.0578. The van der Waals surface area contributed by atoms with Gasteiger partial charge in [0.1, 0.15) is 0 Å². The summed E-state index contributed by atoms with van der Waals surface area (Å²) in [6.07, 6.45) is 5.40. The number of hydrogen-bond acceptors (Lipinski definition) is 4. The lowest BCUT2D eigenvalue weighted by Gasteiger charge is -2.46. The molecule has 1 aliphatic carbocycles. The smallest absolute Gasteiger partial charge is 0.251 e. The lowest BCUT2D eigenvalue weighted by molar-refractivity contribution is -0.117. The second-order valence-corrected chi connectivity index (χ2v) is 9.68. The molecule has 0 bridgehead atoms. The van der Waals surface area contributed by atoms with Crippen LogP contribution in [0.25, 0.3) is 5.57 Å². The topological polar surface area (TPSA) is 70.7 Å². The lowest BCUT2D eigenvalue weighted by Crippen LogP contribution is -2.51. The van der Waals surface area contributed by atoms with E-state index >= 15 is 0 Å². The molecule has 2 aliphatic heterocycles. The fourth-order valence-corrected chi connectivity index (χ4v) is 5.60. The Balaban J connectivity index is 1.55. The first-order valence-corrected chi connectivity index (χ1v) is 12.3. The molecule has 2 aromatic rings. The van der Waals surface area contributed by atoms with Crippen LogP contribution in [0.4, 0.5) is 11.4 Å². The Labute approximate surface area is 201 Å². The van der Waals surface area contributed by atoms with Gasteiger partial charge in [0.05, 0.1) is 19.3 Å². The number of carbonyl (C=O) groups excluding carboxylic acids is 2. The summed E-state index contributed by atoms with van der Waals surface area (Å²) in [7, 11) is 1.64. The number of nitrogens with zero attached hydrogens (tertiary/aromatic N) is 1. The molecule has 6 heteroatoms. The van der Waals surface area contributed by atoms with Crippen molar-refractivity contribution in [1.29, 1.82) is 0 Å². The molecule has 6 nitrogen and oxygen atoms in total. The van der Waals surface area contributed by atoms with E-state index in [1.165, 1.54) is 24.0 Å². The molecule has 3 atom stereocenters. The standard InChI is InChI=1S/C28H33N3O3/c1-17-26(30-23-9-6-21(7-10-23)28(33)29-3)24-16-22(19-12-14-34-15-13-19)8-11-25(24)31(18(2)32)27(17)20-4-5-20/h6-12,16-17,20,26-27,30H,4-5,13-15H2,1-3H3,(H,29,33)/t17-,26-,27-/m1/s1. The highest BCUT2D eigenvalue weighted by atomic mass is 16.5. The molecule has 0 aromatic heterocycles. The Morgan fingerprint density at radius 3 is 2.47 bits per heavy atom. The predicted molar refractivity (Wildman–Crippen MR) is 135 cm³/mol. The quantitative estimate of drug-likeness (QED) is 0.675. The largest absolute Gasteiger partial charge is 0.378 e. The van der Waals surface area contributed by atoms with E-state index in [4.69, 9.17) is 4.74 Å². The first kappa shape index (κ1) is 22.7. The van der Waals surface area contributed by atoms with Gasteiger partial charge in [-0.3, -0.25) is 9.59 Å². The van der Waals surface area contributed by atoms with Gasteiger partial charge in [-0.05, 0) is 78.3 Å². The van der Waals surface area contributed by atoms with Crippen molar-refractivity contribution in [3.8, 4) is 0 Å². The summed E-state index contributed by atoms with van der Waals surface area (Å²) in [6.45, 7) is 5.33. The number of carbonyl (C=O) groups is 2. The second-order valence-electron chi connectivity index (χ2n) is 9.68. The number of fused-ring (bicyclic) bond motifs is 1. The van der Waals surface area contributed by atoms with Crippen LogP contribution in [0.5, 0.6) is 0 Å². The zero-order valence-corrected chi connectivity index (χ0v) is 20.1. The van der Waals surface area contributed by atoms with E-state index in [0.29, 0.717) is 18.1 Å². The molecule has 0 radical (unpaired) electrons. The molecule has 0 spiro atoms. The van der Waals surface area contributed by atoms with Gasteiger partial charge in [-0.15, -0.1) is 0 Å². The van der Waals surface area contributed by atoms with Gasteiger partial charge in [0.2, 0.25) is 5.91 Å². The summed E-state index contributed by atoms with van der Waals surface area (Å²) in [5.41, 5.74) is 6.27. The maximum absolute atomic E-state index is 12.9. The highest BCUT2D eigenvalue weighted by molar-refractivity contribution is 5.95. The summed E-state index contributed by atoms with van der Waals surface area (Å²) in [5.74, 6) is 0.797. The summed E-state index contributed by atoms with van der Waals surface area (Å²) >= 11 is 0. The monoisotopic (exact) mass is 459 g/mol. The molecule has 0 saturated heterocycles. The van der Waals surface area contributed by atoms with Crippen LogP contribution in [0, 0.1) is 11.8 Å². The predicted octanol–water partition coefficient (Wildman–Crippen LogP) is 4.78. The van der Waals surface area contributed by atoms with E-state index in [9.17, 15) is 9.59 Å². The molecule has 1 saturated carbocycles. The highest BCUT2D eigenvalue weighted by Gasteiger charge is 2.47. The highest BCUT2D eigenvalue weighted by Crippen LogP contribution is 2.50. The molecule has 2 amide bonds. The number of benzene rings is 2. The Kier molecular flexibility index (Phi) is 6.17. The Morgan fingerprint density at radius 1 is 1.09 bits per heavy atom. The molecule has 1 fully saturated rings. The summed E-state index contributed by atoms with van der Waals surface area (Å²) < 4.78 is 5.51. The number of nitrogens with one attached hydrogen (secondary N) is 2. The van der Waals surface area contributed by atoms with Crippen molar-refractivity contribution in [2.45, 2.75) is 45.2 Å². The van der Waals surface area contributed by atoms with E-state index in [-0.39, 0.29) is 29.8 Å². The van der Waals surface area contributed by atoms with E-state index < -0.39 is 0 Å². The van der Waals surface area contributed by atoms with Crippen molar-refractivity contribution in [3.63, 3.8) is 0 Å². The van der Waals surface area contributed by atoms with Crippen LogP contribution in [0.1, 0.15) is 60.6 Å². The SMILES string of the molecule is CNC(=O)c1ccc(N[C@H]2c3cc(C4=CCOCC4)ccc3N(C(C)=O)[C@@H](C3CC3)[C@@H]2C)cc1. The molecular formula is C28H33N3O3. The van der Waals surface area contributed by atoms with Gasteiger partial charge in [-0.2, -0.15) is 0 Å². The summed E-state index contributed by atoms with van der Waals surface area (Å²) in [4.78, 5) is 26.9. The zero-order valence-electron chi connectivity index (χ0n) is 20.1. The number of hydrogen-bond donors (Lipinski definition) is 2. The number of amides is 2. The summed E-state index contributed by atoms with van der Waals surface area (Å²) in [6, 6.07) is 14.4. The zero-order chi connectivity index (χ0) is 23.8. The third kappa shape index (κ3) is 4.23. The maximum Gasteiger partial charge on any atom is 0.251 e. The van der Waals surface area contributed by atoms with Crippen LogP contribution >= 0.6 is 0 Å². The van der Waals surface area contributed by atoms with Crippen molar-refractivity contribution in [2.75, 3.05) is 30.5 Å². The van der Waals surface area contributed by atoms with Gasteiger partial charge < -0.3 is 20.3 Å². The minimum Gasteiger partial charge on any atom is -0.378 e. The molecular weight excluding hydrogens is 426 g/mol. The molecule has 2 N–H and O–H groups in total. The van der Waals surface area contributed by atoms with Gasteiger partial charge in [0, 0.05) is 42.9 Å². The molecule has 34 heavy (non-hydrogen) atoms. The summed E-state index contributed by atoms with van der Waals surface area (Å²) in [5, 5.41) is 6.43. The lowest BCUT2D eigenvalue weighted by atomic mass is 9.79. The van der Waals surface area contributed by atoms with Gasteiger partial charge >= 0.3 is 0 Å². The van der Waals surface area contributed by atoms with E-state index in [0.717, 1.165) is 30.0 Å². The van der Waals surface area contributed by atoms with E-state index in [1.54, 1.807) is 14.0 Å². The molecule has 0 unspecified atom stereocenters. The fourth-order valence-electron chi connectivity index (χ4n) is 5.60. The van der Waals surface area contributed by atoms with Crippen LogP contribution in [0.3, 0.4) is 0 Å². The van der Waals surface area contributed by atoms with E-state index in [1.807, 2.05) is 29.2 Å². The molecule has 2 aromatic carbocycles. The van der Waals surface area contributed by atoms with Gasteiger partial charge in [0.15, 0.2) is 0 Å². The fraction of sp³-hybridized carbons (Fsp3) is 0.429. The van der Waals surface area contributed by atoms with Crippen molar-refractivity contribution >= 4 is 28.8 Å². The normalized spacial score (nSPS) is 24.1. The van der Waals surface area contributed by atoms with Crippen LogP contribution in [0.2, 0.25) is 0 Å². The second kappa shape index (κ2) is 9.26. The van der Waals surface area contributed by atoms with Crippen molar-refractivity contribution in [1.82, 2.24) is 5.32 Å². The number of ether oxygens (including phenoxy) is 1. The molecule has 5 rings (SSSR count). The van der Waals surface area contributed by atoms with Crippen molar-refractivity contribution in [2.24, 2.45) is 11.8 Å². The minimum atomic E-state index is -0.0943. The average molecular weight is 460 g/mol. The Morgan fingerprint density at radius 2 is 1.85 bits per heavy atom. The van der Waals surface area contributed by atoms with E-state index in [2.05, 4.69) is 41.8 Å². The Bertz CT molecular complexity index is 1120. The van der Waals surface area contributed by atoms with Crippen molar-refractivity contribution < 1.29 is 14.3 Å². The first-order chi connectivity index (χ1) is 16.5. The van der Waals surface area contributed by atoms with Crippen LogP contribution in [0.15, 0.2) is 48.5 Å². The molecule has 178 valence electrons. The van der Waals surface area contributed by atoms with Crippen molar-refractivity contribution in [3.05, 3.63) is 65.2 Å². The third-order valence-electron chi connectivity index (χ3n) is 7.46. The first-order valence-electron chi connectivity index (χ1n) is 12.3. The van der Waals surface area contributed by atoms with Crippen LogP contribution in [-0.2, 0) is 9.53 Å². The van der Waals surface area contributed by atoms with Crippen LogP contribution < -0.4 is 15.5 Å². The van der Waals surface area contributed by atoms with Gasteiger partial charge in [0.25, 0.3) is 5.91 Å². The van der Waals surface area contributed by atoms with Gasteiger partial charge in [-0.25, -0.2) is 0 Å². The third-order valence-corrected chi connectivity index (χ3v) is 7.46. The number of rotatable bonds is 5. The van der Waals surface area contributed by atoms with Gasteiger partial charge in [-0.1, -0.05) is 19.1 Å². The maximum atomic E-state index is 12.9. The molecule has 3 aliphatic rings. The molecule has 2 heterocycles. The number of anilines is 2. The average Bonchev–Trinajstić information content (AvgIpc) is 3.70. The van der Waals surface area contributed by atoms with Crippen LogP contribution in [-0.4, -0.2) is 38.1 Å².